The Morgan fingerprint density at radius 1 is 1.20 bits per heavy atom. The Morgan fingerprint density at radius 3 is 2.60 bits per heavy atom. The Morgan fingerprint density at radius 2 is 1.93 bits per heavy atom. The summed E-state index contributed by atoms with van der Waals surface area (Å²) in [5.41, 5.74) is 1.79. The molecule has 0 aliphatic carbocycles. The number of benzene rings is 1. The van der Waals surface area contributed by atoms with E-state index in [0.29, 0.717) is 6.42 Å². The molecule has 0 atom stereocenters. The van der Waals surface area contributed by atoms with E-state index in [1.165, 1.54) is 18.9 Å². The highest BCUT2D eigenvalue weighted by atomic mass is 19.1. The number of nitrogens with zero attached hydrogens (tertiary/aromatic N) is 1. The standard InChI is InChI=1S/C13H16FN/c1-2-3-4-5-11-8-12(6-7-15)10-13(14)9-11/h8-10H,2-6H2,1H3. The van der Waals surface area contributed by atoms with E-state index in [0.717, 1.165) is 24.0 Å². The zero-order valence-corrected chi connectivity index (χ0v) is 9.09. The van der Waals surface area contributed by atoms with Crippen molar-refractivity contribution in [1.29, 1.82) is 5.26 Å². The summed E-state index contributed by atoms with van der Waals surface area (Å²) in [6, 6.07) is 6.97. The number of hydrogen-bond donors (Lipinski definition) is 0. The van der Waals surface area contributed by atoms with Crippen LogP contribution in [0.3, 0.4) is 0 Å². The van der Waals surface area contributed by atoms with Gasteiger partial charge in [-0.3, -0.25) is 0 Å². The van der Waals surface area contributed by atoms with Gasteiger partial charge in [0.25, 0.3) is 0 Å². The lowest BCUT2D eigenvalue weighted by atomic mass is 10.0. The van der Waals surface area contributed by atoms with E-state index < -0.39 is 0 Å². The molecule has 1 aromatic rings. The van der Waals surface area contributed by atoms with Gasteiger partial charge in [0.15, 0.2) is 0 Å². The zero-order valence-electron chi connectivity index (χ0n) is 9.09. The zero-order chi connectivity index (χ0) is 11.1. The van der Waals surface area contributed by atoms with Gasteiger partial charge in [-0.25, -0.2) is 4.39 Å². The minimum Gasteiger partial charge on any atom is -0.207 e. The molecule has 0 unspecified atom stereocenters. The number of hydrogen-bond acceptors (Lipinski definition) is 1. The van der Waals surface area contributed by atoms with Crippen LogP contribution in [0.4, 0.5) is 4.39 Å². The van der Waals surface area contributed by atoms with E-state index >= 15 is 0 Å². The average Bonchev–Trinajstić information content (AvgIpc) is 2.18. The molecule has 0 heterocycles. The third-order valence-electron chi connectivity index (χ3n) is 2.37. The van der Waals surface area contributed by atoms with Crippen LogP contribution in [0.15, 0.2) is 18.2 Å². The van der Waals surface area contributed by atoms with Crippen molar-refractivity contribution in [2.24, 2.45) is 0 Å². The van der Waals surface area contributed by atoms with Gasteiger partial charge in [-0.05, 0) is 36.1 Å². The van der Waals surface area contributed by atoms with Gasteiger partial charge >= 0.3 is 0 Å². The van der Waals surface area contributed by atoms with E-state index in [9.17, 15) is 4.39 Å². The maximum atomic E-state index is 13.2. The van der Waals surface area contributed by atoms with Crippen molar-refractivity contribution in [3.8, 4) is 6.07 Å². The second kappa shape index (κ2) is 6.19. The molecule has 0 spiro atoms. The molecular weight excluding hydrogens is 189 g/mol. The highest BCUT2D eigenvalue weighted by molar-refractivity contribution is 5.26. The molecule has 0 saturated carbocycles. The van der Waals surface area contributed by atoms with E-state index in [2.05, 4.69) is 6.92 Å². The summed E-state index contributed by atoms with van der Waals surface area (Å²) in [6.07, 6.45) is 4.62. The average molecular weight is 205 g/mol. The molecule has 1 nitrogen and oxygen atoms in total. The first-order chi connectivity index (χ1) is 7.26. The molecule has 0 aliphatic heterocycles. The van der Waals surface area contributed by atoms with Crippen molar-refractivity contribution in [3.63, 3.8) is 0 Å². The topological polar surface area (TPSA) is 23.8 Å². The Balaban J connectivity index is 2.67. The van der Waals surface area contributed by atoms with E-state index in [4.69, 9.17) is 5.26 Å². The van der Waals surface area contributed by atoms with Crippen molar-refractivity contribution >= 4 is 0 Å². The van der Waals surface area contributed by atoms with Crippen molar-refractivity contribution in [1.82, 2.24) is 0 Å². The van der Waals surface area contributed by atoms with Crippen LogP contribution in [0.25, 0.3) is 0 Å². The molecule has 0 aliphatic rings. The lowest BCUT2D eigenvalue weighted by Gasteiger charge is -2.03. The number of aryl methyl sites for hydroxylation is 1. The molecule has 15 heavy (non-hydrogen) atoms. The van der Waals surface area contributed by atoms with Crippen LogP contribution < -0.4 is 0 Å². The molecule has 0 amide bonds. The molecule has 80 valence electrons. The summed E-state index contributed by atoms with van der Waals surface area (Å²) in [4.78, 5) is 0. The van der Waals surface area contributed by atoms with Gasteiger partial charge in [-0.1, -0.05) is 25.8 Å². The predicted octanol–water partition coefficient (Wildman–Crippen LogP) is 3.62. The quantitative estimate of drug-likeness (QED) is 0.673. The van der Waals surface area contributed by atoms with E-state index in [1.54, 1.807) is 6.07 Å². The van der Waals surface area contributed by atoms with Crippen LogP contribution in [-0.2, 0) is 12.8 Å². The van der Waals surface area contributed by atoms with Crippen LogP contribution >= 0.6 is 0 Å². The van der Waals surface area contributed by atoms with Crippen LogP contribution in [0.2, 0.25) is 0 Å². The third-order valence-corrected chi connectivity index (χ3v) is 2.37. The maximum Gasteiger partial charge on any atom is 0.123 e. The lowest BCUT2D eigenvalue weighted by Crippen LogP contribution is -1.91. The number of nitriles is 1. The minimum atomic E-state index is -0.228. The van der Waals surface area contributed by atoms with Gasteiger partial charge in [-0.15, -0.1) is 0 Å². The summed E-state index contributed by atoms with van der Waals surface area (Å²) >= 11 is 0. The summed E-state index contributed by atoms with van der Waals surface area (Å²) in [5.74, 6) is -0.228. The minimum absolute atomic E-state index is 0.228. The fourth-order valence-electron chi connectivity index (χ4n) is 1.63. The summed E-state index contributed by atoms with van der Waals surface area (Å²) in [7, 11) is 0. The summed E-state index contributed by atoms with van der Waals surface area (Å²) in [5, 5.41) is 8.54. The Hall–Kier alpha value is -1.36. The first-order valence-electron chi connectivity index (χ1n) is 5.41. The summed E-state index contributed by atoms with van der Waals surface area (Å²) < 4.78 is 13.2. The van der Waals surface area contributed by atoms with Gasteiger partial charge in [0.1, 0.15) is 5.82 Å². The van der Waals surface area contributed by atoms with E-state index in [1.807, 2.05) is 12.1 Å². The molecule has 1 rings (SSSR count). The molecular formula is C13H16FN. The molecule has 0 saturated heterocycles. The van der Waals surface area contributed by atoms with Crippen LogP contribution in [-0.4, -0.2) is 0 Å². The van der Waals surface area contributed by atoms with Gasteiger partial charge in [0.05, 0.1) is 12.5 Å². The largest absolute Gasteiger partial charge is 0.207 e. The number of halogens is 1. The molecule has 1 aromatic carbocycles. The molecule has 2 heteroatoms. The SMILES string of the molecule is CCCCCc1cc(F)cc(CC#N)c1. The predicted molar refractivity (Wildman–Crippen MR) is 58.9 cm³/mol. The normalized spacial score (nSPS) is 9.93. The highest BCUT2D eigenvalue weighted by Gasteiger charge is 2.00. The molecule has 0 aromatic heterocycles. The number of rotatable bonds is 5. The van der Waals surface area contributed by atoms with Crippen molar-refractivity contribution in [2.45, 2.75) is 39.0 Å². The fourth-order valence-corrected chi connectivity index (χ4v) is 1.63. The van der Waals surface area contributed by atoms with Gasteiger partial charge < -0.3 is 0 Å². The first kappa shape index (κ1) is 11.7. The Kier molecular flexibility index (Phi) is 4.83. The number of unbranched alkanes of at least 4 members (excludes halogenated alkanes) is 2. The van der Waals surface area contributed by atoms with Crippen molar-refractivity contribution in [3.05, 3.63) is 35.1 Å². The van der Waals surface area contributed by atoms with Crippen LogP contribution in [0.5, 0.6) is 0 Å². The second-order valence-corrected chi connectivity index (χ2v) is 3.76. The van der Waals surface area contributed by atoms with Gasteiger partial charge in [-0.2, -0.15) is 5.26 Å². The lowest BCUT2D eigenvalue weighted by molar-refractivity contribution is 0.621. The van der Waals surface area contributed by atoms with Gasteiger partial charge in [0.2, 0.25) is 0 Å². The maximum absolute atomic E-state index is 13.2. The van der Waals surface area contributed by atoms with Gasteiger partial charge in [0, 0.05) is 0 Å². The molecule has 0 radical (unpaired) electrons. The second-order valence-electron chi connectivity index (χ2n) is 3.76. The molecule has 0 N–H and O–H groups in total. The van der Waals surface area contributed by atoms with Crippen molar-refractivity contribution < 1.29 is 4.39 Å². The highest BCUT2D eigenvalue weighted by Crippen LogP contribution is 2.12. The third kappa shape index (κ3) is 4.12. The Bertz CT molecular complexity index is 352. The fraction of sp³-hybridized carbons (Fsp3) is 0.462. The summed E-state index contributed by atoms with van der Waals surface area (Å²) in [6.45, 7) is 2.15. The van der Waals surface area contributed by atoms with Crippen LogP contribution in [0, 0.1) is 17.1 Å². The van der Waals surface area contributed by atoms with E-state index in [-0.39, 0.29) is 5.82 Å². The molecule has 0 fully saturated rings. The first-order valence-corrected chi connectivity index (χ1v) is 5.41. The monoisotopic (exact) mass is 205 g/mol. The smallest absolute Gasteiger partial charge is 0.123 e. The van der Waals surface area contributed by atoms with Crippen LogP contribution in [0.1, 0.15) is 37.3 Å². The molecule has 0 bridgehead atoms. The Labute approximate surface area is 90.5 Å². The van der Waals surface area contributed by atoms with Crippen molar-refractivity contribution in [2.75, 3.05) is 0 Å².